The Hall–Kier alpha value is -0.900. The SMILES string of the molecule is Cn1c(CO)nnc1CC1CC2CCC1C2. The van der Waals surface area contributed by atoms with E-state index in [2.05, 4.69) is 10.2 Å². The van der Waals surface area contributed by atoms with E-state index < -0.39 is 0 Å². The van der Waals surface area contributed by atoms with Crippen LogP contribution < -0.4 is 0 Å². The molecule has 2 bridgehead atoms. The molecule has 1 N–H and O–H groups in total. The molecule has 4 nitrogen and oxygen atoms in total. The highest BCUT2D eigenvalue weighted by Crippen LogP contribution is 2.49. The molecule has 1 heterocycles. The van der Waals surface area contributed by atoms with Crippen molar-refractivity contribution in [2.24, 2.45) is 24.8 Å². The molecule has 3 unspecified atom stereocenters. The van der Waals surface area contributed by atoms with Gasteiger partial charge in [0.25, 0.3) is 0 Å². The molecule has 88 valence electrons. The lowest BCUT2D eigenvalue weighted by Crippen LogP contribution is -2.16. The van der Waals surface area contributed by atoms with Crippen LogP contribution in [0.1, 0.15) is 37.3 Å². The summed E-state index contributed by atoms with van der Waals surface area (Å²) in [6.45, 7) is -0.0137. The third kappa shape index (κ3) is 1.56. The van der Waals surface area contributed by atoms with Gasteiger partial charge in [-0.1, -0.05) is 6.42 Å². The van der Waals surface area contributed by atoms with E-state index in [1.807, 2.05) is 11.6 Å². The van der Waals surface area contributed by atoms with Crippen LogP contribution in [0.2, 0.25) is 0 Å². The van der Waals surface area contributed by atoms with Crippen LogP contribution in [0, 0.1) is 17.8 Å². The van der Waals surface area contributed by atoms with Gasteiger partial charge in [0.2, 0.25) is 0 Å². The minimum Gasteiger partial charge on any atom is -0.388 e. The van der Waals surface area contributed by atoms with Gasteiger partial charge in [-0.15, -0.1) is 10.2 Å². The predicted molar refractivity (Wildman–Crippen MR) is 59.6 cm³/mol. The lowest BCUT2D eigenvalue weighted by atomic mass is 9.86. The largest absolute Gasteiger partial charge is 0.388 e. The number of hydrogen-bond donors (Lipinski definition) is 1. The van der Waals surface area contributed by atoms with Gasteiger partial charge >= 0.3 is 0 Å². The van der Waals surface area contributed by atoms with Crippen molar-refractivity contribution < 1.29 is 5.11 Å². The third-order valence-corrected chi connectivity index (χ3v) is 4.53. The van der Waals surface area contributed by atoms with Crippen LogP contribution in [-0.4, -0.2) is 19.9 Å². The number of aliphatic hydroxyl groups is 1. The van der Waals surface area contributed by atoms with E-state index >= 15 is 0 Å². The first-order valence-electron chi connectivity index (χ1n) is 6.26. The zero-order chi connectivity index (χ0) is 11.1. The summed E-state index contributed by atoms with van der Waals surface area (Å²) in [6, 6.07) is 0. The Kier molecular flexibility index (Phi) is 2.46. The van der Waals surface area contributed by atoms with Crippen molar-refractivity contribution in [1.29, 1.82) is 0 Å². The average Bonchev–Trinajstić information content (AvgIpc) is 2.96. The number of hydrogen-bond acceptors (Lipinski definition) is 3. The van der Waals surface area contributed by atoms with Crippen molar-refractivity contribution in [1.82, 2.24) is 14.8 Å². The fraction of sp³-hybridized carbons (Fsp3) is 0.833. The predicted octanol–water partition coefficient (Wildman–Crippen LogP) is 1.29. The molecule has 2 aliphatic carbocycles. The second kappa shape index (κ2) is 3.84. The minimum atomic E-state index is -0.0137. The maximum atomic E-state index is 9.07. The Labute approximate surface area is 95.7 Å². The topological polar surface area (TPSA) is 50.9 Å². The Bertz CT molecular complexity index is 388. The van der Waals surface area contributed by atoms with Gasteiger partial charge in [-0.25, -0.2) is 0 Å². The highest BCUT2D eigenvalue weighted by Gasteiger charge is 2.39. The molecule has 4 heteroatoms. The van der Waals surface area contributed by atoms with Gasteiger partial charge in [-0.3, -0.25) is 0 Å². The first-order valence-corrected chi connectivity index (χ1v) is 6.26. The van der Waals surface area contributed by atoms with Gasteiger partial charge < -0.3 is 9.67 Å². The lowest BCUT2D eigenvalue weighted by molar-refractivity contribution is 0.265. The molecule has 1 aromatic heterocycles. The van der Waals surface area contributed by atoms with Gasteiger partial charge in [-0.05, 0) is 37.0 Å². The van der Waals surface area contributed by atoms with E-state index in [0.29, 0.717) is 5.82 Å². The van der Waals surface area contributed by atoms with E-state index in [4.69, 9.17) is 5.11 Å². The number of fused-ring (bicyclic) bond motifs is 2. The summed E-state index contributed by atoms with van der Waals surface area (Å²) >= 11 is 0. The summed E-state index contributed by atoms with van der Waals surface area (Å²) in [5, 5.41) is 17.3. The normalized spacial score (nSPS) is 32.5. The summed E-state index contributed by atoms with van der Waals surface area (Å²) in [6.07, 6.45) is 6.73. The van der Waals surface area contributed by atoms with Crippen LogP contribution in [0.3, 0.4) is 0 Å². The molecule has 0 spiro atoms. The molecule has 2 saturated carbocycles. The Morgan fingerprint density at radius 3 is 2.62 bits per heavy atom. The minimum absolute atomic E-state index is 0.0137. The molecule has 1 aromatic rings. The van der Waals surface area contributed by atoms with E-state index in [1.54, 1.807) is 0 Å². The summed E-state index contributed by atoms with van der Waals surface area (Å²) in [5.41, 5.74) is 0. The molecular weight excluding hydrogens is 202 g/mol. The second-order valence-corrected chi connectivity index (χ2v) is 5.39. The molecule has 0 radical (unpaired) electrons. The fourth-order valence-corrected chi connectivity index (χ4v) is 3.57. The molecular formula is C12H19N3O. The quantitative estimate of drug-likeness (QED) is 0.836. The molecule has 3 atom stereocenters. The number of aliphatic hydroxyl groups excluding tert-OH is 1. The van der Waals surface area contributed by atoms with Crippen molar-refractivity contribution in [3.63, 3.8) is 0 Å². The van der Waals surface area contributed by atoms with Gasteiger partial charge in [0.15, 0.2) is 5.82 Å². The Morgan fingerprint density at radius 2 is 2.06 bits per heavy atom. The van der Waals surface area contributed by atoms with E-state index in [1.165, 1.54) is 25.7 Å². The number of nitrogens with zero attached hydrogens (tertiary/aromatic N) is 3. The van der Waals surface area contributed by atoms with Crippen molar-refractivity contribution in [3.05, 3.63) is 11.6 Å². The molecule has 0 aromatic carbocycles. The third-order valence-electron chi connectivity index (χ3n) is 4.53. The fourth-order valence-electron chi connectivity index (χ4n) is 3.57. The standard InChI is InChI=1S/C12H19N3O/c1-15-11(13-14-12(15)7-16)6-10-5-8-2-3-9(10)4-8/h8-10,16H,2-7H2,1H3. The van der Waals surface area contributed by atoms with Crippen molar-refractivity contribution in [3.8, 4) is 0 Å². The number of aromatic nitrogens is 3. The highest BCUT2D eigenvalue weighted by atomic mass is 16.3. The molecule has 0 saturated heterocycles. The van der Waals surface area contributed by atoms with Crippen molar-refractivity contribution >= 4 is 0 Å². The van der Waals surface area contributed by atoms with E-state index in [0.717, 1.165) is 30.0 Å². The molecule has 0 aliphatic heterocycles. The molecule has 2 fully saturated rings. The molecule has 3 rings (SSSR count). The molecule has 2 aliphatic rings. The van der Waals surface area contributed by atoms with Crippen LogP contribution in [0.5, 0.6) is 0 Å². The Balaban J connectivity index is 1.72. The van der Waals surface area contributed by atoms with Crippen LogP contribution in [-0.2, 0) is 20.1 Å². The van der Waals surface area contributed by atoms with Gasteiger partial charge in [0.05, 0.1) is 0 Å². The maximum Gasteiger partial charge on any atom is 0.158 e. The Morgan fingerprint density at radius 1 is 1.25 bits per heavy atom. The summed E-state index contributed by atoms with van der Waals surface area (Å²) in [4.78, 5) is 0. The summed E-state index contributed by atoms with van der Waals surface area (Å²) < 4.78 is 1.95. The highest BCUT2D eigenvalue weighted by molar-refractivity contribution is 4.99. The average molecular weight is 221 g/mol. The van der Waals surface area contributed by atoms with Crippen LogP contribution >= 0.6 is 0 Å². The smallest absolute Gasteiger partial charge is 0.158 e. The molecule has 0 amide bonds. The van der Waals surface area contributed by atoms with Crippen molar-refractivity contribution in [2.45, 2.75) is 38.7 Å². The zero-order valence-electron chi connectivity index (χ0n) is 9.76. The van der Waals surface area contributed by atoms with Gasteiger partial charge in [0, 0.05) is 13.5 Å². The van der Waals surface area contributed by atoms with E-state index in [9.17, 15) is 0 Å². The second-order valence-electron chi connectivity index (χ2n) is 5.39. The molecule has 16 heavy (non-hydrogen) atoms. The lowest BCUT2D eigenvalue weighted by Gasteiger charge is -2.20. The van der Waals surface area contributed by atoms with Gasteiger partial charge in [-0.2, -0.15) is 0 Å². The van der Waals surface area contributed by atoms with Crippen LogP contribution in [0.25, 0.3) is 0 Å². The van der Waals surface area contributed by atoms with Gasteiger partial charge in [0.1, 0.15) is 12.4 Å². The van der Waals surface area contributed by atoms with E-state index in [-0.39, 0.29) is 6.61 Å². The first kappa shape index (κ1) is 10.3. The van der Waals surface area contributed by atoms with Crippen LogP contribution in [0.4, 0.5) is 0 Å². The van der Waals surface area contributed by atoms with Crippen LogP contribution in [0.15, 0.2) is 0 Å². The number of rotatable bonds is 3. The summed E-state index contributed by atoms with van der Waals surface area (Å²) in [5.74, 6) is 4.45. The first-order chi connectivity index (χ1) is 7.78. The van der Waals surface area contributed by atoms with Crippen molar-refractivity contribution in [2.75, 3.05) is 0 Å². The zero-order valence-corrected chi connectivity index (χ0v) is 9.76. The monoisotopic (exact) mass is 221 g/mol. The summed E-state index contributed by atoms with van der Waals surface area (Å²) in [7, 11) is 1.95. The maximum absolute atomic E-state index is 9.07.